The summed E-state index contributed by atoms with van der Waals surface area (Å²) in [5.74, 6) is 0.110. The zero-order valence-electron chi connectivity index (χ0n) is 16.7. The first-order valence-electron chi connectivity index (χ1n) is 9.94. The molecule has 4 aromatic rings. The van der Waals surface area contributed by atoms with Gasteiger partial charge in [0.2, 0.25) is 5.82 Å². The second-order valence-electron chi connectivity index (χ2n) is 7.10. The standard InChI is InChI=1S/C22H23N7O/c1-2-3-12-29-20(19(14-24-29)21(23)30)13-15-8-10-16(11-9-15)17-6-4-5-7-18(17)22-25-27-28-26-22/h4-11,14H,2-3,12-13H2,1H3,(H2,23,30)(H,25,26,27,28). The van der Waals surface area contributed by atoms with Gasteiger partial charge in [0.05, 0.1) is 17.5 Å². The van der Waals surface area contributed by atoms with Crippen molar-refractivity contribution in [3.8, 4) is 22.5 Å². The maximum absolute atomic E-state index is 11.8. The smallest absolute Gasteiger partial charge is 0.252 e. The van der Waals surface area contributed by atoms with Gasteiger partial charge in [0.25, 0.3) is 5.91 Å². The van der Waals surface area contributed by atoms with E-state index in [0.29, 0.717) is 17.8 Å². The summed E-state index contributed by atoms with van der Waals surface area (Å²) in [6, 6.07) is 16.2. The molecule has 0 saturated heterocycles. The van der Waals surface area contributed by atoms with Crippen molar-refractivity contribution in [2.24, 2.45) is 5.73 Å². The van der Waals surface area contributed by atoms with Crippen molar-refractivity contribution in [2.45, 2.75) is 32.7 Å². The van der Waals surface area contributed by atoms with Gasteiger partial charge in [-0.15, -0.1) is 10.2 Å². The van der Waals surface area contributed by atoms with E-state index in [0.717, 1.165) is 47.3 Å². The van der Waals surface area contributed by atoms with E-state index in [1.807, 2.05) is 28.9 Å². The van der Waals surface area contributed by atoms with Crippen LogP contribution in [0.15, 0.2) is 54.7 Å². The number of aryl methyl sites for hydroxylation is 1. The van der Waals surface area contributed by atoms with E-state index >= 15 is 0 Å². The number of H-pyrrole nitrogens is 1. The second-order valence-corrected chi connectivity index (χ2v) is 7.10. The minimum absolute atomic E-state index is 0.446. The predicted molar refractivity (Wildman–Crippen MR) is 114 cm³/mol. The number of tetrazole rings is 1. The summed E-state index contributed by atoms with van der Waals surface area (Å²) in [6.07, 6.45) is 4.22. The molecule has 0 aliphatic rings. The summed E-state index contributed by atoms with van der Waals surface area (Å²) < 4.78 is 1.89. The molecule has 152 valence electrons. The van der Waals surface area contributed by atoms with Crippen molar-refractivity contribution in [1.29, 1.82) is 0 Å². The summed E-state index contributed by atoms with van der Waals surface area (Å²) in [7, 11) is 0. The lowest BCUT2D eigenvalue weighted by Gasteiger charge is -2.10. The molecule has 8 heteroatoms. The molecule has 0 aliphatic heterocycles. The minimum Gasteiger partial charge on any atom is -0.365 e. The van der Waals surface area contributed by atoms with Gasteiger partial charge < -0.3 is 5.73 Å². The molecule has 0 atom stereocenters. The number of amides is 1. The lowest BCUT2D eigenvalue weighted by Crippen LogP contribution is -2.15. The molecule has 2 heterocycles. The molecule has 0 saturated carbocycles. The Hall–Kier alpha value is -3.81. The Bertz CT molecular complexity index is 1130. The molecule has 1 amide bonds. The highest BCUT2D eigenvalue weighted by atomic mass is 16.1. The number of benzene rings is 2. The largest absolute Gasteiger partial charge is 0.365 e. The molecule has 2 aromatic carbocycles. The van der Waals surface area contributed by atoms with Gasteiger partial charge in [-0.1, -0.05) is 61.9 Å². The molecule has 8 nitrogen and oxygen atoms in total. The Morgan fingerprint density at radius 3 is 2.53 bits per heavy atom. The SMILES string of the molecule is CCCCn1ncc(C(N)=O)c1Cc1ccc(-c2ccccc2-c2nn[nH]n2)cc1. The molecule has 0 unspecified atom stereocenters. The maximum Gasteiger partial charge on any atom is 0.252 e. The molecule has 0 radical (unpaired) electrons. The van der Waals surface area contributed by atoms with Gasteiger partial charge in [0.15, 0.2) is 0 Å². The van der Waals surface area contributed by atoms with Crippen molar-refractivity contribution >= 4 is 5.91 Å². The van der Waals surface area contributed by atoms with Gasteiger partial charge in [-0.25, -0.2) is 0 Å². The third-order valence-electron chi connectivity index (χ3n) is 5.09. The van der Waals surface area contributed by atoms with Gasteiger partial charge in [0, 0.05) is 18.5 Å². The predicted octanol–water partition coefficient (Wildman–Crippen LogP) is 3.22. The van der Waals surface area contributed by atoms with Crippen LogP contribution in [0.25, 0.3) is 22.5 Å². The number of carbonyl (C=O) groups excluding carboxylic acids is 1. The number of rotatable bonds is 8. The molecule has 4 rings (SSSR count). The molecular formula is C22H23N7O. The Balaban J connectivity index is 1.62. The monoisotopic (exact) mass is 401 g/mol. The maximum atomic E-state index is 11.8. The van der Waals surface area contributed by atoms with E-state index < -0.39 is 5.91 Å². The van der Waals surface area contributed by atoms with E-state index in [9.17, 15) is 4.79 Å². The highest BCUT2D eigenvalue weighted by Crippen LogP contribution is 2.30. The molecule has 30 heavy (non-hydrogen) atoms. The number of nitrogens with one attached hydrogen (secondary N) is 1. The van der Waals surface area contributed by atoms with Crippen LogP contribution in [-0.2, 0) is 13.0 Å². The second kappa shape index (κ2) is 8.69. The number of carbonyl (C=O) groups is 1. The van der Waals surface area contributed by atoms with Crippen LogP contribution in [-0.4, -0.2) is 36.3 Å². The highest BCUT2D eigenvalue weighted by molar-refractivity contribution is 5.93. The van der Waals surface area contributed by atoms with Crippen LogP contribution in [0, 0.1) is 0 Å². The van der Waals surface area contributed by atoms with E-state index in [-0.39, 0.29) is 0 Å². The van der Waals surface area contributed by atoms with Gasteiger partial charge in [-0.2, -0.15) is 10.3 Å². The fraction of sp³-hybridized carbons (Fsp3) is 0.227. The highest BCUT2D eigenvalue weighted by Gasteiger charge is 2.16. The van der Waals surface area contributed by atoms with E-state index in [1.54, 1.807) is 6.20 Å². The van der Waals surface area contributed by atoms with Gasteiger partial charge >= 0.3 is 0 Å². The third-order valence-corrected chi connectivity index (χ3v) is 5.09. The van der Waals surface area contributed by atoms with Crippen molar-refractivity contribution in [2.75, 3.05) is 0 Å². The normalized spacial score (nSPS) is 11.0. The van der Waals surface area contributed by atoms with E-state index in [1.165, 1.54) is 0 Å². The first-order chi connectivity index (χ1) is 14.7. The Morgan fingerprint density at radius 1 is 1.10 bits per heavy atom. The molecule has 0 fully saturated rings. The Labute approximate surface area is 174 Å². The summed E-state index contributed by atoms with van der Waals surface area (Å²) in [5.41, 5.74) is 11.0. The molecule has 0 bridgehead atoms. The number of primary amides is 1. The Morgan fingerprint density at radius 2 is 1.87 bits per heavy atom. The molecule has 2 aromatic heterocycles. The van der Waals surface area contributed by atoms with Gasteiger partial charge in [-0.3, -0.25) is 9.48 Å². The first-order valence-corrected chi connectivity index (χ1v) is 9.94. The third kappa shape index (κ3) is 3.98. The molecule has 0 aliphatic carbocycles. The lowest BCUT2D eigenvalue weighted by atomic mass is 9.97. The zero-order valence-corrected chi connectivity index (χ0v) is 16.7. The van der Waals surface area contributed by atoms with Crippen LogP contribution >= 0.6 is 0 Å². The van der Waals surface area contributed by atoms with Crippen molar-refractivity contribution in [3.05, 3.63) is 71.5 Å². The van der Waals surface area contributed by atoms with Gasteiger partial charge in [0.1, 0.15) is 0 Å². The number of aromatic amines is 1. The molecular weight excluding hydrogens is 378 g/mol. The summed E-state index contributed by atoms with van der Waals surface area (Å²) >= 11 is 0. The van der Waals surface area contributed by atoms with Crippen LogP contribution in [0.5, 0.6) is 0 Å². The van der Waals surface area contributed by atoms with Crippen LogP contribution in [0.4, 0.5) is 0 Å². The number of nitrogens with zero attached hydrogens (tertiary/aromatic N) is 5. The summed E-state index contributed by atoms with van der Waals surface area (Å²) in [5, 5.41) is 18.7. The van der Waals surface area contributed by atoms with Crippen LogP contribution in [0.1, 0.15) is 41.4 Å². The van der Waals surface area contributed by atoms with Crippen LogP contribution in [0.2, 0.25) is 0 Å². The molecule has 3 N–H and O–H groups in total. The zero-order chi connectivity index (χ0) is 20.9. The summed E-state index contributed by atoms with van der Waals surface area (Å²) in [4.78, 5) is 11.8. The minimum atomic E-state index is -0.446. The number of aromatic nitrogens is 6. The topological polar surface area (TPSA) is 115 Å². The van der Waals surface area contributed by atoms with Crippen molar-refractivity contribution in [3.63, 3.8) is 0 Å². The fourth-order valence-electron chi connectivity index (χ4n) is 3.50. The van der Waals surface area contributed by atoms with Crippen molar-refractivity contribution < 1.29 is 4.79 Å². The quantitative estimate of drug-likeness (QED) is 0.470. The number of hydrogen-bond acceptors (Lipinski definition) is 5. The number of unbranched alkanes of at least 4 members (excludes halogenated alkanes) is 1. The number of nitrogens with two attached hydrogens (primary N) is 1. The van der Waals surface area contributed by atoms with E-state index in [2.05, 4.69) is 56.9 Å². The lowest BCUT2D eigenvalue weighted by molar-refractivity contribution is 0.0999. The molecule has 0 spiro atoms. The van der Waals surface area contributed by atoms with Gasteiger partial charge in [-0.05, 0) is 28.3 Å². The summed E-state index contributed by atoms with van der Waals surface area (Å²) in [6.45, 7) is 2.90. The Kier molecular flexibility index (Phi) is 5.65. The fourth-order valence-corrected chi connectivity index (χ4v) is 3.50. The number of hydrogen-bond donors (Lipinski definition) is 2. The van der Waals surface area contributed by atoms with Crippen LogP contribution in [0.3, 0.4) is 0 Å². The average molecular weight is 401 g/mol. The van der Waals surface area contributed by atoms with E-state index in [4.69, 9.17) is 5.73 Å². The van der Waals surface area contributed by atoms with Crippen molar-refractivity contribution in [1.82, 2.24) is 30.4 Å². The first kappa shape index (κ1) is 19.5. The van der Waals surface area contributed by atoms with Crippen LogP contribution < -0.4 is 5.73 Å². The average Bonchev–Trinajstić information content (AvgIpc) is 3.43.